The fourth-order valence-electron chi connectivity index (χ4n) is 4.29. The number of pyridine rings is 1. The highest BCUT2D eigenvalue weighted by Crippen LogP contribution is 2.33. The van der Waals surface area contributed by atoms with Crippen molar-refractivity contribution in [2.75, 3.05) is 13.1 Å². The second-order valence-electron chi connectivity index (χ2n) is 8.15. The fourth-order valence-corrected chi connectivity index (χ4v) is 5.11. The molecule has 4 aromatic rings. The molecule has 4 heterocycles. The summed E-state index contributed by atoms with van der Waals surface area (Å²) in [7, 11) is 0. The Morgan fingerprint density at radius 1 is 1.32 bits per heavy atom. The molecule has 11 heteroatoms. The minimum Gasteiger partial charge on any atom is -0.465 e. The minimum atomic E-state index is -1.20. The zero-order chi connectivity index (χ0) is 23.8. The van der Waals surface area contributed by atoms with Gasteiger partial charge >= 0.3 is 6.09 Å². The standard InChI is InChI=1S/C23H21FN4O5S/c1-13(29)28(23(30)31)16-4-6-27(7-5-16)11-14-12-32-19-9-17(2-3-18(14)19)33-22-26-21-20(34-22)8-15(24)10-25-21/h2-3,8-10,12,16H,4-7,11H2,1H3,(H,30,31). The lowest BCUT2D eigenvalue weighted by molar-refractivity contribution is -0.129. The summed E-state index contributed by atoms with van der Waals surface area (Å²) in [4.78, 5) is 34.4. The van der Waals surface area contributed by atoms with Gasteiger partial charge in [-0.3, -0.25) is 9.69 Å². The summed E-state index contributed by atoms with van der Waals surface area (Å²) >= 11 is 1.21. The molecule has 3 aromatic heterocycles. The van der Waals surface area contributed by atoms with Crippen LogP contribution in [-0.2, 0) is 11.3 Å². The number of aromatic nitrogens is 2. The summed E-state index contributed by atoms with van der Waals surface area (Å²) in [6, 6.07) is 6.61. The topological polar surface area (TPSA) is 109 Å². The molecule has 34 heavy (non-hydrogen) atoms. The van der Waals surface area contributed by atoms with Crippen LogP contribution < -0.4 is 4.74 Å². The van der Waals surface area contributed by atoms with Crippen LogP contribution in [0.4, 0.5) is 9.18 Å². The molecule has 2 amide bonds. The van der Waals surface area contributed by atoms with Gasteiger partial charge in [-0.1, -0.05) is 11.3 Å². The molecule has 0 aliphatic carbocycles. The molecule has 1 aromatic carbocycles. The van der Waals surface area contributed by atoms with E-state index < -0.39 is 17.8 Å². The number of likely N-dealkylation sites (tertiary alicyclic amines) is 1. The number of nitrogens with zero attached hydrogens (tertiary/aromatic N) is 4. The van der Waals surface area contributed by atoms with Crippen molar-refractivity contribution >= 4 is 44.7 Å². The van der Waals surface area contributed by atoms with Gasteiger partial charge in [-0.2, -0.15) is 4.98 Å². The third-order valence-corrected chi connectivity index (χ3v) is 6.76. The summed E-state index contributed by atoms with van der Waals surface area (Å²) in [5.41, 5.74) is 2.11. The average molecular weight is 485 g/mol. The first-order valence-corrected chi connectivity index (χ1v) is 11.5. The molecule has 176 valence electrons. The quantitative estimate of drug-likeness (QED) is 0.428. The smallest absolute Gasteiger partial charge is 0.414 e. The average Bonchev–Trinajstić information content (AvgIpc) is 3.37. The van der Waals surface area contributed by atoms with Crippen molar-refractivity contribution in [2.24, 2.45) is 0 Å². The fraction of sp³-hybridized carbons (Fsp3) is 0.304. The second-order valence-corrected chi connectivity index (χ2v) is 9.15. The van der Waals surface area contributed by atoms with Gasteiger partial charge in [0.2, 0.25) is 5.91 Å². The summed E-state index contributed by atoms with van der Waals surface area (Å²) < 4.78 is 25.6. The first-order valence-electron chi connectivity index (χ1n) is 10.7. The predicted octanol–water partition coefficient (Wildman–Crippen LogP) is 4.86. The van der Waals surface area contributed by atoms with Gasteiger partial charge in [-0.05, 0) is 31.0 Å². The molecule has 1 aliphatic heterocycles. The Kier molecular flexibility index (Phi) is 5.88. The van der Waals surface area contributed by atoms with Crippen LogP contribution in [0, 0.1) is 5.82 Å². The van der Waals surface area contributed by atoms with Crippen LogP contribution in [-0.4, -0.2) is 56.0 Å². The Balaban J connectivity index is 1.25. The van der Waals surface area contributed by atoms with Crippen LogP contribution in [0.25, 0.3) is 21.3 Å². The van der Waals surface area contributed by atoms with Crippen molar-refractivity contribution in [3.8, 4) is 10.9 Å². The van der Waals surface area contributed by atoms with Gasteiger partial charge in [0, 0.05) is 49.6 Å². The molecule has 0 radical (unpaired) electrons. The Labute approximate surface area is 197 Å². The Bertz CT molecular complexity index is 1360. The number of carboxylic acid groups (broad SMARTS) is 1. The molecule has 0 saturated carbocycles. The number of hydrogen-bond donors (Lipinski definition) is 1. The lowest BCUT2D eigenvalue weighted by atomic mass is 10.0. The van der Waals surface area contributed by atoms with Gasteiger partial charge in [0.1, 0.15) is 17.1 Å². The van der Waals surface area contributed by atoms with Crippen LogP contribution in [0.1, 0.15) is 25.3 Å². The lowest BCUT2D eigenvalue weighted by Gasteiger charge is -2.35. The van der Waals surface area contributed by atoms with E-state index in [4.69, 9.17) is 9.15 Å². The number of thiazole rings is 1. The van der Waals surface area contributed by atoms with E-state index in [0.717, 1.165) is 22.0 Å². The van der Waals surface area contributed by atoms with Gasteiger partial charge in [-0.25, -0.2) is 19.1 Å². The van der Waals surface area contributed by atoms with Gasteiger partial charge < -0.3 is 14.3 Å². The third-order valence-electron chi connectivity index (χ3n) is 5.89. The highest BCUT2D eigenvalue weighted by atomic mass is 32.1. The normalized spacial score (nSPS) is 15.1. The van der Waals surface area contributed by atoms with Crippen molar-refractivity contribution in [3.63, 3.8) is 0 Å². The van der Waals surface area contributed by atoms with E-state index >= 15 is 0 Å². The van der Waals surface area contributed by atoms with Crippen LogP contribution in [0.15, 0.2) is 41.1 Å². The van der Waals surface area contributed by atoms with Gasteiger partial charge in [0.15, 0.2) is 5.65 Å². The van der Waals surface area contributed by atoms with Gasteiger partial charge in [0.05, 0.1) is 17.2 Å². The molecule has 0 atom stereocenters. The number of carbonyl (C=O) groups is 2. The zero-order valence-corrected chi connectivity index (χ0v) is 19.0. The van der Waals surface area contributed by atoms with Crippen molar-refractivity contribution < 1.29 is 28.2 Å². The van der Waals surface area contributed by atoms with Gasteiger partial charge in [0.25, 0.3) is 5.19 Å². The van der Waals surface area contributed by atoms with Gasteiger partial charge in [-0.15, -0.1) is 0 Å². The number of rotatable bonds is 5. The number of halogens is 1. The molecule has 9 nitrogen and oxygen atoms in total. The molecular weight excluding hydrogens is 463 g/mol. The summed E-state index contributed by atoms with van der Waals surface area (Å²) in [6.45, 7) is 3.30. The van der Waals surface area contributed by atoms with E-state index in [2.05, 4.69) is 14.9 Å². The first kappa shape index (κ1) is 22.2. The van der Waals surface area contributed by atoms with Crippen molar-refractivity contribution in [2.45, 2.75) is 32.4 Å². The van der Waals surface area contributed by atoms with Crippen LogP contribution in [0.3, 0.4) is 0 Å². The van der Waals surface area contributed by atoms with Crippen molar-refractivity contribution in [1.29, 1.82) is 0 Å². The number of fused-ring (bicyclic) bond motifs is 2. The highest BCUT2D eigenvalue weighted by Gasteiger charge is 2.30. The van der Waals surface area contributed by atoms with Crippen molar-refractivity contribution in [3.05, 3.63) is 48.1 Å². The molecule has 1 saturated heterocycles. The summed E-state index contributed by atoms with van der Waals surface area (Å²) in [6.07, 6.45) is 2.83. The Morgan fingerprint density at radius 2 is 2.12 bits per heavy atom. The molecule has 5 rings (SSSR count). The Hall–Kier alpha value is -3.57. The number of piperidine rings is 1. The van der Waals surface area contributed by atoms with E-state index in [9.17, 15) is 19.1 Å². The number of imide groups is 1. The highest BCUT2D eigenvalue weighted by molar-refractivity contribution is 7.20. The molecule has 0 spiro atoms. The van der Waals surface area contributed by atoms with E-state index in [0.29, 0.717) is 59.3 Å². The largest absolute Gasteiger partial charge is 0.465 e. The van der Waals surface area contributed by atoms with Crippen LogP contribution in [0.2, 0.25) is 0 Å². The molecular formula is C23H21FN4O5S. The number of furan rings is 1. The van der Waals surface area contributed by atoms with Crippen LogP contribution in [0.5, 0.6) is 10.9 Å². The first-order chi connectivity index (χ1) is 16.4. The number of hydrogen-bond acceptors (Lipinski definition) is 8. The summed E-state index contributed by atoms with van der Waals surface area (Å²) in [5.74, 6) is -0.319. The van der Waals surface area contributed by atoms with E-state index in [1.807, 2.05) is 12.1 Å². The third kappa shape index (κ3) is 4.44. The maximum absolute atomic E-state index is 13.4. The Morgan fingerprint density at radius 3 is 2.85 bits per heavy atom. The molecule has 1 N–H and O–H groups in total. The van der Waals surface area contributed by atoms with Crippen molar-refractivity contribution in [1.82, 2.24) is 19.8 Å². The second kappa shape index (κ2) is 8.99. The number of ether oxygens (including phenoxy) is 1. The number of amides is 2. The van der Waals surface area contributed by atoms with E-state index in [1.54, 1.807) is 12.3 Å². The SMILES string of the molecule is CC(=O)N(C(=O)O)C1CCN(Cc2coc3cc(Oc4nc5ncc(F)cc5s4)ccc23)CC1. The maximum Gasteiger partial charge on any atom is 0.414 e. The number of benzene rings is 1. The molecule has 1 aliphatic rings. The van der Waals surface area contributed by atoms with E-state index in [-0.39, 0.29) is 6.04 Å². The predicted molar refractivity (Wildman–Crippen MR) is 123 cm³/mol. The monoisotopic (exact) mass is 484 g/mol. The molecule has 1 fully saturated rings. The lowest BCUT2D eigenvalue weighted by Crippen LogP contribution is -2.48. The molecule has 0 unspecified atom stereocenters. The maximum atomic E-state index is 13.4. The van der Waals surface area contributed by atoms with Crippen LogP contribution >= 0.6 is 11.3 Å². The zero-order valence-electron chi connectivity index (χ0n) is 18.2. The minimum absolute atomic E-state index is 0.291. The number of carbonyl (C=O) groups excluding carboxylic acids is 1. The molecule has 0 bridgehead atoms. The van der Waals surface area contributed by atoms with E-state index in [1.165, 1.54) is 24.3 Å². The summed E-state index contributed by atoms with van der Waals surface area (Å²) in [5, 5.41) is 10.6.